The van der Waals surface area contributed by atoms with Crippen molar-refractivity contribution in [2.45, 2.75) is 32.3 Å². The summed E-state index contributed by atoms with van der Waals surface area (Å²) in [6.45, 7) is 8.93. The molecule has 0 aliphatic carbocycles. The van der Waals surface area contributed by atoms with Crippen LogP contribution in [0.25, 0.3) is 0 Å². The highest BCUT2D eigenvalue weighted by Gasteiger charge is 2.08. The van der Waals surface area contributed by atoms with Crippen LogP contribution in [0.2, 0.25) is 19.6 Å². The maximum Gasteiger partial charge on any atom is 0.129 e. The topological polar surface area (TPSA) is 0 Å². The Balaban J connectivity index is 3.23. The third-order valence-corrected chi connectivity index (χ3v) is 4.06. The highest BCUT2D eigenvalue weighted by Crippen LogP contribution is 2.19. The van der Waals surface area contributed by atoms with E-state index in [9.17, 15) is 0 Å². The smallest absolute Gasteiger partial charge is 0.129 e. The Kier molecular flexibility index (Phi) is 4.96. The first kappa shape index (κ1) is 14.1. The van der Waals surface area contributed by atoms with Crippen LogP contribution in [0.3, 0.4) is 0 Å². The minimum atomic E-state index is -1.29. The van der Waals surface area contributed by atoms with Gasteiger partial charge in [0.15, 0.2) is 0 Å². The van der Waals surface area contributed by atoms with Gasteiger partial charge in [-0.3, -0.25) is 0 Å². The van der Waals surface area contributed by atoms with Gasteiger partial charge in [0.25, 0.3) is 0 Å². The predicted octanol–water partition coefficient (Wildman–Crippen LogP) is 4.26. The van der Waals surface area contributed by atoms with E-state index in [0.29, 0.717) is 0 Å². The lowest BCUT2D eigenvalue weighted by molar-refractivity contribution is 1.29. The van der Waals surface area contributed by atoms with Gasteiger partial charge >= 0.3 is 0 Å². The molecule has 1 aromatic rings. The Labute approximate surface area is 119 Å². The SMILES string of the molecule is Cc1c(C#C[Si](C)(C)C)cc(I)cc1CS. The summed E-state index contributed by atoms with van der Waals surface area (Å²) >= 11 is 6.70. The third kappa shape index (κ3) is 4.15. The summed E-state index contributed by atoms with van der Waals surface area (Å²) in [7, 11) is -1.29. The quantitative estimate of drug-likeness (QED) is 0.329. The number of rotatable bonds is 1. The number of benzene rings is 1. The van der Waals surface area contributed by atoms with E-state index in [1.54, 1.807) is 0 Å². The molecule has 0 saturated carbocycles. The molecule has 0 saturated heterocycles. The Morgan fingerprint density at radius 2 is 1.94 bits per heavy atom. The first-order valence-corrected chi connectivity index (χ1v) is 10.5. The maximum atomic E-state index is 4.36. The van der Waals surface area contributed by atoms with Crippen LogP contribution in [0.15, 0.2) is 12.1 Å². The van der Waals surface area contributed by atoms with Gasteiger partial charge in [-0.05, 0) is 52.8 Å². The summed E-state index contributed by atoms with van der Waals surface area (Å²) in [5, 5.41) is 0. The van der Waals surface area contributed by atoms with Gasteiger partial charge in [0.1, 0.15) is 8.07 Å². The van der Waals surface area contributed by atoms with Crippen LogP contribution >= 0.6 is 35.2 Å². The van der Waals surface area contributed by atoms with Gasteiger partial charge in [-0.2, -0.15) is 12.6 Å². The molecule has 0 heterocycles. The van der Waals surface area contributed by atoms with E-state index in [2.05, 4.69) is 85.4 Å². The molecule has 0 nitrogen and oxygen atoms in total. The molecule has 0 fully saturated rings. The Morgan fingerprint density at radius 1 is 1.31 bits per heavy atom. The normalized spacial score (nSPS) is 10.9. The number of halogens is 1. The molecule has 0 aliphatic heterocycles. The monoisotopic (exact) mass is 360 g/mol. The second-order valence-electron chi connectivity index (χ2n) is 4.90. The van der Waals surface area contributed by atoms with E-state index < -0.39 is 8.07 Å². The van der Waals surface area contributed by atoms with E-state index in [1.807, 2.05) is 0 Å². The molecule has 3 heteroatoms. The summed E-state index contributed by atoms with van der Waals surface area (Å²) in [4.78, 5) is 0. The van der Waals surface area contributed by atoms with Gasteiger partial charge in [-0.1, -0.05) is 25.6 Å². The summed E-state index contributed by atoms with van der Waals surface area (Å²) in [5.41, 5.74) is 7.15. The molecule has 0 spiro atoms. The summed E-state index contributed by atoms with van der Waals surface area (Å²) < 4.78 is 1.24. The lowest BCUT2D eigenvalue weighted by Crippen LogP contribution is -2.16. The van der Waals surface area contributed by atoms with E-state index in [1.165, 1.54) is 20.3 Å². The molecular weight excluding hydrogens is 343 g/mol. The molecule has 0 N–H and O–H groups in total. The van der Waals surface area contributed by atoms with Crippen molar-refractivity contribution in [1.82, 2.24) is 0 Å². The molecule has 0 radical (unpaired) electrons. The second-order valence-corrected chi connectivity index (χ2v) is 11.2. The zero-order valence-electron chi connectivity index (χ0n) is 10.2. The molecule has 0 amide bonds. The molecule has 16 heavy (non-hydrogen) atoms. The highest BCUT2D eigenvalue weighted by atomic mass is 127. The predicted molar refractivity (Wildman–Crippen MR) is 86.8 cm³/mol. The van der Waals surface area contributed by atoms with Crippen LogP contribution in [-0.2, 0) is 5.75 Å². The van der Waals surface area contributed by atoms with Crippen molar-refractivity contribution in [3.05, 3.63) is 32.4 Å². The van der Waals surface area contributed by atoms with Gasteiger partial charge in [0.05, 0.1) is 0 Å². The standard InChI is InChI=1S/C13H17ISSi/c1-10-11(5-6-16(2,3)4)7-13(14)8-12(10)9-15/h7-8,15H,9H2,1-4H3. The van der Waals surface area contributed by atoms with Crippen LogP contribution in [0.1, 0.15) is 16.7 Å². The van der Waals surface area contributed by atoms with Crippen LogP contribution in [0.5, 0.6) is 0 Å². The average molecular weight is 360 g/mol. The first-order chi connectivity index (χ1) is 7.33. The molecular formula is C13H17ISSi. The minimum Gasteiger partial charge on any atom is -0.175 e. The zero-order valence-corrected chi connectivity index (χ0v) is 14.2. The molecule has 0 aromatic heterocycles. The van der Waals surface area contributed by atoms with Crippen molar-refractivity contribution < 1.29 is 0 Å². The fraction of sp³-hybridized carbons (Fsp3) is 0.385. The molecule has 0 bridgehead atoms. The maximum absolute atomic E-state index is 4.36. The van der Waals surface area contributed by atoms with E-state index >= 15 is 0 Å². The number of thiol groups is 1. The summed E-state index contributed by atoms with van der Waals surface area (Å²) in [6, 6.07) is 4.35. The van der Waals surface area contributed by atoms with Gasteiger partial charge in [0.2, 0.25) is 0 Å². The largest absolute Gasteiger partial charge is 0.175 e. The van der Waals surface area contributed by atoms with Crippen molar-refractivity contribution in [3.8, 4) is 11.5 Å². The molecule has 86 valence electrons. The van der Waals surface area contributed by atoms with Gasteiger partial charge in [0, 0.05) is 14.9 Å². The summed E-state index contributed by atoms with van der Waals surface area (Å²) in [6.07, 6.45) is 0. The van der Waals surface area contributed by atoms with Crippen LogP contribution in [0.4, 0.5) is 0 Å². The fourth-order valence-corrected chi connectivity index (χ4v) is 2.81. The minimum absolute atomic E-state index is 0.782. The molecule has 1 aromatic carbocycles. The van der Waals surface area contributed by atoms with Crippen molar-refractivity contribution in [2.75, 3.05) is 0 Å². The van der Waals surface area contributed by atoms with E-state index in [4.69, 9.17) is 0 Å². The third-order valence-electron chi connectivity index (χ3n) is 2.22. The molecule has 0 unspecified atom stereocenters. The first-order valence-electron chi connectivity index (χ1n) is 5.26. The number of hydrogen-bond donors (Lipinski definition) is 1. The van der Waals surface area contributed by atoms with Gasteiger partial charge < -0.3 is 0 Å². The lowest BCUT2D eigenvalue weighted by atomic mass is 10.0. The Hall–Kier alpha value is 0.0769. The molecule has 1 rings (SSSR count). The van der Waals surface area contributed by atoms with Crippen molar-refractivity contribution >= 4 is 43.3 Å². The summed E-state index contributed by atoms with van der Waals surface area (Å²) in [5.74, 6) is 4.12. The van der Waals surface area contributed by atoms with Crippen molar-refractivity contribution in [3.63, 3.8) is 0 Å². The second kappa shape index (κ2) is 5.61. The van der Waals surface area contributed by atoms with Gasteiger partial charge in [-0.25, -0.2) is 0 Å². The molecule has 0 aliphatic rings. The van der Waals surface area contributed by atoms with Crippen molar-refractivity contribution in [2.24, 2.45) is 0 Å². The van der Waals surface area contributed by atoms with Crippen molar-refractivity contribution in [1.29, 1.82) is 0 Å². The highest BCUT2D eigenvalue weighted by molar-refractivity contribution is 14.1. The fourth-order valence-electron chi connectivity index (χ4n) is 1.28. The molecule has 0 atom stereocenters. The lowest BCUT2D eigenvalue weighted by Gasteiger charge is -2.08. The Morgan fingerprint density at radius 3 is 2.44 bits per heavy atom. The number of hydrogen-bond acceptors (Lipinski definition) is 1. The van der Waals surface area contributed by atoms with Gasteiger partial charge in [-0.15, -0.1) is 5.54 Å². The van der Waals surface area contributed by atoms with E-state index in [0.717, 1.165) is 5.75 Å². The average Bonchev–Trinajstić information content (AvgIpc) is 2.17. The van der Waals surface area contributed by atoms with E-state index in [-0.39, 0.29) is 0 Å². The van der Waals surface area contributed by atoms with Crippen LogP contribution < -0.4 is 0 Å². The van der Waals surface area contributed by atoms with Crippen LogP contribution in [0, 0.1) is 22.0 Å². The van der Waals surface area contributed by atoms with Crippen LogP contribution in [-0.4, -0.2) is 8.07 Å². The Bertz CT molecular complexity index is 449. The zero-order chi connectivity index (χ0) is 12.3.